The van der Waals surface area contributed by atoms with E-state index in [2.05, 4.69) is 26.3 Å². The smallest absolute Gasteiger partial charge is 0.245 e. The summed E-state index contributed by atoms with van der Waals surface area (Å²) in [5, 5.41) is 9.10. The minimum atomic E-state index is -0.486. The summed E-state index contributed by atoms with van der Waals surface area (Å²) in [4.78, 5) is 56.9. The molecule has 3 aliphatic rings. The average molecular weight is 648 g/mol. The summed E-state index contributed by atoms with van der Waals surface area (Å²) in [5.41, 5.74) is 6.46. The third-order valence-corrected chi connectivity index (χ3v) is 10.8. The third-order valence-electron chi connectivity index (χ3n) is 10.8. The van der Waals surface area contributed by atoms with Crippen molar-refractivity contribution in [3.63, 3.8) is 0 Å². The van der Waals surface area contributed by atoms with Gasteiger partial charge in [-0.1, -0.05) is 31.7 Å². The summed E-state index contributed by atoms with van der Waals surface area (Å²) in [6.07, 6.45) is 12.2. The molecule has 0 radical (unpaired) electrons. The number of nitrogens with one attached hydrogen (secondary N) is 1. The van der Waals surface area contributed by atoms with Crippen LogP contribution in [0.15, 0.2) is 36.7 Å². The fourth-order valence-corrected chi connectivity index (χ4v) is 8.08. The van der Waals surface area contributed by atoms with E-state index in [0.717, 1.165) is 84.2 Å². The molecule has 7 rings (SSSR count). The van der Waals surface area contributed by atoms with Crippen molar-refractivity contribution in [3.05, 3.63) is 70.7 Å². The predicted molar refractivity (Wildman–Crippen MR) is 183 cm³/mol. The highest BCUT2D eigenvalue weighted by Gasteiger charge is 2.66. The first-order chi connectivity index (χ1) is 23.1. The van der Waals surface area contributed by atoms with Gasteiger partial charge in [-0.3, -0.25) is 24.0 Å². The van der Waals surface area contributed by atoms with E-state index in [0.29, 0.717) is 29.9 Å². The number of hydrogen-bond acceptors (Lipinski definition) is 8. The zero-order valence-electron chi connectivity index (χ0n) is 28.5. The maximum atomic E-state index is 14.5. The summed E-state index contributed by atoms with van der Waals surface area (Å²) < 4.78 is 1.70. The number of ketones is 2. The van der Waals surface area contributed by atoms with Crippen LogP contribution in [0.25, 0.3) is 22.0 Å². The molecule has 1 aromatic carbocycles. The van der Waals surface area contributed by atoms with Crippen LogP contribution in [-0.4, -0.2) is 65.7 Å². The largest absolute Gasteiger partial charge is 0.327 e. The van der Waals surface area contributed by atoms with Gasteiger partial charge < -0.3 is 10.2 Å². The lowest BCUT2D eigenvalue weighted by Gasteiger charge is -2.27. The molecule has 1 N–H and O–H groups in total. The second-order valence-electron chi connectivity index (χ2n) is 14.3. The monoisotopic (exact) mass is 647 g/mol. The Labute approximate surface area is 281 Å². The van der Waals surface area contributed by atoms with Gasteiger partial charge in [-0.15, -0.1) is 0 Å². The van der Waals surface area contributed by atoms with Gasteiger partial charge in [0, 0.05) is 48.5 Å². The second-order valence-corrected chi connectivity index (χ2v) is 14.3. The predicted octanol–water partition coefficient (Wildman–Crippen LogP) is 5.63. The molecule has 1 amide bonds. The lowest BCUT2D eigenvalue weighted by atomic mass is 9.90. The van der Waals surface area contributed by atoms with Crippen molar-refractivity contribution >= 4 is 28.4 Å². The minimum Gasteiger partial charge on any atom is -0.327 e. The van der Waals surface area contributed by atoms with Crippen LogP contribution in [0.3, 0.4) is 0 Å². The van der Waals surface area contributed by atoms with Crippen LogP contribution in [0.2, 0.25) is 0 Å². The normalized spacial score (nSPS) is 23.2. The van der Waals surface area contributed by atoms with E-state index in [4.69, 9.17) is 5.10 Å². The van der Waals surface area contributed by atoms with Gasteiger partial charge >= 0.3 is 0 Å². The molecule has 4 aromatic rings. The summed E-state index contributed by atoms with van der Waals surface area (Å²) in [5.74, 6) is 0.451. The Kier molecular flexibility index (Phi) is 8.70. The lowest BCUT2D eigenvalue weighted by molar-refractivity contribution is -0.139. The number of piperidine rings is 1. The van der Waals surface area contributed by atoms with E-state index in [9.17, 15) is 14.4 Å². The molecule has 0 unspecified atom stereocenters. The Hall–Kier alpha value is -4.31. The first kappa shape index (κ1) is 32.2. The van der Waals surface area contributed by atoms with Crippen LogP contribution in [0.4, 0.5) is 0 Å². The van der Waals surface area contributed by atoms with E-state index >= 15 is 0 Å². The summed E-state index contributed by atoms with van der Waals surface area (Å²) in [7, 11) is 0. The Morgan fingerprint density at radius 3 is 2.54 bits per heavy atom. The van der Waals surface area contributed by atoms with Gasteiger partial charge in [-0.2, -0.15) is 5.10 Å². The van der Waals surface area contributed by atoms with E-state index in [-0.39, 0.29) is 41.9 Å². The van der Waals surface area contributed by atoms with Crippen molar-refractivity contribution in [2.24, 2.45) is 5.41 Å². The maximum Gasteiger partial charge on any atom is 0.245 e. The number of rotatable bonds is 5. The first-order valence-electron chi connectivity index (χ1n) is 17.4. The molecular weight excluding hydrogens is 602 g/mol. The Morgan fingerprint density at radius 2 is 1.75 bits per heavy atom. The van der Waals surface area contributed by atoms with Crippen molar-refractivity contribution in [1.29, 1.82) is 0 Å². The average Bonchev–Trinajstić information content (AvgIpc) is 3.46. The molecule has 10 heteroatoms. The highest BCUT2D eigenvalue weighted by atomic mass is 16.2. The van der Waals surface area contributed by atoms with Gasteiger partial charge in [0.2, 0.25) is 5.91 Å². The van der Waals surface area contributed by atoms with Crippen molar-refractivity contribution < 1.29 is 14.4 Å². The second kappa shape index (κ2) is 13.0. The van der Waals surface area contributed by atoms with Crippen LogP contribution in [0.5, 0.6) is 0 Å². The molecule has 5 heterocycles. The third kappa shape index (κ3) is 6.18. The Balaban J connectivity index is 1.28. The van der Waals surface area contributed by atoms with E-state index in [1.807, 2.05) is 43.9 Å². The van der Waals surface area contributed by atoms with Crippen LogP contribution in [0.1, 0.15) is 97.1 Å². The quantitative estimate of drug-likeness (QED) is 0.277. The fraction of sp³-hybridized carbons (Fsp3) is 0.500. The lowest BCUT2D eigenvalue weighted by Crippen LogP contribution is -2.45. The van der Waals surface area contributed by atoms with Crippen molar-refractivity contribution in [2.75, 3.05) is 6.54 Å². The van der Waals surface area contributed by atoms with Gasteiger partial charge in [0.25, 0.3) is 0 Å². The van der Waals surface area contributed by atoms with E-state index in [1.54, 1.807) is 17.1 Å². The topological polar surface area (TPSA) is 123 Å². The van der Waals surface area contributed by atoms with Crippen molar-refractivity contribution in [3.8, 4) is 11.1 Å². The molecule has 2 bridgehead atoms. The van der Waals surface area contributed by atoms with Crippen LogP contribution >= 0.6 is 0 Å². The van der Waals surface area contributed by atoms with Crippen molar-refractivity contribution in [1.82, 2.24) is 34.9 Å². The zero-order chi connectivity index (χ0) is 33.6. The molecule has 1 saturated heterocycles. The molecule has 0 spiro atoms. The van der Waals surface area contributed by atoms with Gasteiger partial charge in [0.1, 0.15) is 18.1 Å². The number of amides is 1. The molecule has 1 aliphatic carbocycles. The maximum absolute atomic E-state index is 14.5. The van der Waals surface area contributed by atoms with E-state index < -0.39 is 6.04 Å². The van der Waals surface area contributed by atoms with Gasteiger partial charge in [-0.05, 0) is 93.3 Å². The Bertz CT molecular complexity index is 1900. The molecule has 1 saturated carbocycles. The SMILES string of the molecule is CC(=O)c1nn2c3c(cc(-c4cnc(C)nc4)cc13)CNCCCCCCC[C@@]13C[C@@H](C(=O)Cc4nc(C)ccc4C)N(C(=O)C2)[C@@H]1C3. The number of hydrogen-bond donors (Lipinski definition) is 1. The highest BCUT2D eigenvalue weighted by molar-refractivity contribution is 6.07. The minimum absolute atomic E-state index is 0.00742. The highest BCUT2D eigenvalue weighted by Crippen LogP contribution is 2.62. The van der Waals surface area contributed by atoms with Crippen LogP contribution in [-0.2, 0) is 29.1 Å². The molecule has 3 atom stereocenters. The van der Waals surface area contributed by atoms with Gasteiger partial charge in [0.15, 0.2) is 11.6 Å². The number of aromatic nitrogens is 5. The van der Waals surface area contributed by atoms with Gasteiger partial charge in [0.05, 0.1) is 23.7 Å². The fourth-order valence-electron chi connectivity index (χ4n) is 8.08. The van der Waals surface area contributed by atoms with Crippen LogP contribution < -0.4 is 5.32 Å². The van der Waals surface area contributed by atoms with Crippen molar-refractivity contribution in [2.45, 2.75) is 111 Å². The number of pyridine rings is 1. The van der Waals surface area contributed by atoms with Crippen LogP contribution in [0, 0.1) is 26.2 Å². The molecule has 10 nitrogen and oxygen atoms in total. The number of nitrogens with zero attached hydrogens (tertiary/aromatic N) is 6. The zero-order valence-corrected chi connectivity index (χ0v) is 28.5. The number of benzene rings is 1. The molecule has 3 aromatic heterocycles. The number of carbonyl (C=O) groups is 3. The standard InChI is InChI=1S/C38H45N7O3/c1-23-10-11-24(2)42-31(23)16-33(47)32-17-38-12-8-6-5-7-9-13-39-19-28-14-27(29-20-40-26(4)41-21-29)15-30-36(25(3)46)43-44(37(28)30)22-35(48)45(32)34(38)18-38/h10-11,14-15,20-21,32,34,39H,5-9,12-13,16-19,22H2,1-4H3/t32-,34+,38-/m0/s1. The molecule has 48 heavy (non-hydrogen) atoms. The Morgan fingerprint density at radius 1 is 0.979 bits per heavy atom. The number of carbonyl (C=O) groups excluding carboxylic acids is 3. The van der Waals surface area contributed by atoms with Gasteiger partial charge in [-0.25, -0.2) is 9.97 Å². The molecular formula is C38H45N7O3. The molecule has 250 valence electrons. The summed E-state index contributed by atoms with van der Waals surface area (Å²) in [6, 6.07) is 7.60. The first-order valence-corrected chi connectivity index (χ1v) is 17.4. The number of aryl methyl sites for hydroxylation is 3. The van der Waals surface area contributed by atoms with E-state index in [1.165, 1.54) is 13.3 Å². The summed E-state index contributed by atoms with van der Waals surface area (Å²) >= 11 is 0. The summed E-state index contributed by atoms with van der Waals surface area (Å²) in [6.45, 7) is 8.69. The molecule has 2 aliphatic heterocycles. The number of Topliss-reactive ketones (excluding diaryl/α,β-unsaturated/α-hetero) is 2. The molecule has 2 fully saturated rings.